The molecule has 1 aromatic heterocycles. The highest BCUT2D eigenvalue weighted by molar-refractivity contribution is 6.31. The zero-order chi connectivity index (χ0) is 11.6. The largest absolute Gasteiger partial charge is 0.375 e. The van der Waals surface area contributed by atoms with Crippen molar-refractivity contribution in [3.8, 4) is 0 Å². The number of aromatic nitrogens is 1. The summed E-state index contributed by atoms with van der Waals surface area (Å²) in [6, 6.07) is 3.83. The second-order valence-electron chi connectivity index (χ2n) is 4.20. The van der Waals surface area contributed by atoms with E-state index < -0.39 is 5.79 Å². The number of hydrogen-bond donors (Lipinski definition) is 1. The Balaban J connectivity index is 1.95. The van der Waals surface area contributed by atoms with Gasteiger partial charge >= 0.3 is 0 Å². The monoisotopic (exact) mass is 242 g/mol. The number of ether oxygens (including phenoxy) is 2. The molecule has 0 saturated carbocycles. The Labute approximate surface area is 99.9 Å². The fourth-order valence-corrected chi connectivity index (χ4v) is 1.66. The topological polar surface area (TPSA) is 43.4 Å². The molecule has 1 aliphatic rings. The third kappa shape index (κ3) is 2.84. The molecule has 0 unspecified atom stereocenters. The summed E-state index contributed by atoms with van der Waals surface area (Å²) < 4.78 is 11.1. The molecule has 0 radical (unpaired) electrons. The van der Waals surface area contributed by atoms with Gasteiger partial charge in [0.05, 0.1) is 24.9 Å². The molecule has 16 heavy (non-hydrogen) atoms. The van der Waals surface area contributed by atoms with Crippen molar-refractivity contribution >= 4 is 17.3 Å². The lowest BCUT2D eigenvalue weighted by molar-refractivity contribution is -0.247. The lowest BCUT2D eigenvalue weighted by Gasteiger charge is -2.35. The highest BCUT2D eigenvalue weighted by Gasteiger charge is 2.28. The van der Waals surface area contributed by atoms with Gasteiger partial charge in [-0.05, 0) is 26.0 Å². The van der Waals surface area contributed by atoms with Crippen molar-refractivity contribution in [2.45, 2.75) is 25.7 Å². The maximum absolute atomic E-state index is 5.94. The van der Waals surface area contributed by atoms with E-state index in [1.165, 1.54) is 0 Å². The second-order valence-corrected chi connectivity index (χ2v) is 4.56. The third-order valence-electron chi connectivity index (χ3n) is 2.38. The average molecular weight is 243 g/mol. The highest BCUT2D eigenvalue weighted by atomic mass is 35.5. The predicted octanol–water partition coefficient (Wildman–Crippen LogP) is 2.30. The van der Waals surface area contributed by atoms with E-state index in [1.54, 1.807) is 6.20 Å². The molecule has 1 saturated heterocycles. The summed E-state index contributed by atoms with van der Waals surface area (Å²) in [7, 11) is 0. The van der Waals surface area contributed by atoms with Crippen molar-refractivity contribution in [2.24, 2.45) is 0 Å². The highest BCUT2D eigenvalue weighted by Crippen LogP contribution is 2.22. The molecule has 1 aromatic rings. The Morgan fingerprint density at radius 2 is 2.12 bits per heavy atom. The average Bonchev–Trinajstić information content (AvgIpc) is 2.24. The van der Waals surface area contributed by atoms with Crippen LogP contribution in [0.25, 0.3) is 0 Å². The van der Waals surface area contributed by atoms with E-state index in [-0.39, 0.29) is 6.04 Å². The first kappa shape index (κ1) is 11.6. The standard InChI is InChI=1S/C11H15ClN2O2/c1-11(2)15-6-8(7-16-11)14-9-4-3-5-13-10(9)12/h3-5,8,14H,6-7H2,1-2H3. The summed E-state index contributed by atoms with van der Waals surface area (Å²) in [5, 5.41) is 3.71. The van der Waals surface area contributed by atoms with E-state index in [0.717, 1.165) is 5.69 Å². The zero-order valence-corrected chi connectivity index (χ0v) is 10.1. The molecule has 4 nitrogen and oxygen atoms in total. The number of pyridine rings is 1. The fraction of sp³-hybridized carbons (Fsp3) is 0.545. The van der Waals surface area contributed by atoms with Crippen LogP contribution in [0.5, 0.6) is 0 Å². The molecule has 0 amide bonds. The van der Waals surface area contributed by atoms with E-state index in [4.69, 9.17) is 21.1 Å². The normalized spacial score (nSPS) is 20.7. The Morgan fingerprint density at radius 3 is 2.75 bits per heavy atom. The Kier molecular flexibility index (Phi) is 3.33. The molecule has 1 fully saturated rings. The first-order valence-corrected chi connectivity index (χ1v) is 5.59. The van der Waals surface area contributed by atoms with Gasteiger partial charge in [-0.3, -0.25) is 0 Å². The van der Waals surface area contributed by atoms with Crippen molar-refractivity contribution in [2.75, 3.05) is 18.5 Å². The SMILES string of the molecule is CC1(C)OCC(Nc2cccnc2Cl)CO1. The van der Waals surface area contributed by atoms with Crippen molar-refractivity contribution in [3.63, 3.8) is 0 Å². The zero-order valence-electron chi connectivity index (χ0n) is 9.37. The van der Waals surface area contributed by atoms with E-state index in [2.05, 4.69) is 10.3 Å². The Bertz CT molecular complexity index is 361. The van der Waals surface area contributed by atoms with Gasteiger partial charge in [-0.25, -0.2) is 4.98 Å². The number of halogens is 1. The van der Waals surface area contributed by atoms with Crippen molar-refractivity contribution in [3.05, 3.63) is 23.5 Å². The molecule has 1 N–H and O–H groups in total. The first-order chi connectivity index (χ1) is 7.57. The van der Waals surface area contributed by atoms with Gasteiger partial charge in [-0.1, -0.05) is 11.6 Å². The van der Waals surface area contributed by atoms with E-state index in [0.29, 0.717) is 18.4 Å². The number of nitrogens with one attached hydrogen (secondary N) is 1. The first-order valence-electron chi connectivity index (χ1n) is 5.22. The molecule has 0 spiro atoms. The molecule has 0 aromatic carbocycles. The van der Waals surface area contributed by atoms with Crippen molar-refractivity contribution < 1.29 is 9.47 Å². The lowest BCUT2D eigenvalue weighted by Crippen LogP contribution is -2.45. The van der Waals surface area contributed by atoms with Crippen molar-refractivity contribution in [1.82, 2.24) is 4.98 Å². The van der Waals surface area contributed by atoms with Crippen LogP contribution in [-0.4, -0.2) is 30.0 Å². The lowest BCUT2D eigenvalue weighted by atomic mass is 10.2. The maximum atomic E-state index is 5.94. The number of nitrogens with zero attached hydrogens (tertiary/aromatic N) is 1. The van der Waals surface area contributed by atoms with Crippen LogP contribution in [0.15, 0.2) is 18.3 Å². The van der Waals surface area contributed by atoms with Crippen LogP contribution in [-0.2, 0) is 9.47 Å². The van der Waals surface area contributed by atoms with Crippen LogP contribution in [0.3, 0.4) is 0 Å². The van der Waals surface area contributed by atoms with Gasteiger partial charge in [-0.15, -0.1) is 0 Å². The second kappa shape index (κ2) is 4.57. The van der Waals surface area contributed by atoms with Gasteiger partial charge in [0.2, 0.25) is 0 Å². The van der Waals surface area contributed by atoms with Crippen LogP contribution >= 0.6 is 11.6 Å². The van der Waals surface area contributed by atoms with Gasteiger partial charge in [0.25, 0.3) is 0 Å². The molecule has 2 rings (SSSR count). The number of anilines is 1. The van der Waals surface area contributed by atoms with E-state index >= 15 is 0 Å². The minimum absolute atomic E-state index is 0.106. The molecule has 88 valence electrons. The van der Waals surface area contributed by atoms with Gasteiger partial charge in [0.15, 0.2) is 10.9 Å². The van der Waals surface area contributed by atoms with Crippen LogP contribution < -0.4 is 5.32 Å². The maximum Gasteiger partial charge on any atom is 0.162 e. The number of rotatable bonds is 2. The summed E-state index contributed by atoms with van der Waals surface area (Å²) in [6.45, 7) is 5.00. The van der Waals surface area contributed by atoms with E-state index in [1.807, 2.05) is 26.0 Å². The summed E-state index contributed by atoms with van der Waals surface area (Å²) >= 11 is 5.94. The molecule has 0 atom stereocenters. The molecule has 0 aliphatic carbocycles. The number of hydrogen-bond acceptors (Lipinski definition) is 4. The minimum atomic E-state index is -0.489. The van der Waals surface area contributed by atoms with Gasteiger partial charge in [-0.2, -0.15) is 0 Å². The Morgan fingerprint density at radius 1 is 1.44 bits per heavy atom. The fourth-order valence-electron chi connectivity index (χ4n) is 1.49. The molecule has 2 heterocycles. The molecule has 0 bridgehead atoms. The predicted molar refractivity (Wildman–Crippen MR) is 62.6 cm³/mol. The van der Waals surface area contributed by atoms with Crippen LogP contribution in [0, 0.1) is 0 Å². The minimum Gasteiger partial charge on any atom is -0.375 e. The molecule has 5 heteroatoms. The van der Waals surface area contributed by atoms with Gasteiger partial charge < -0.3 is 14.8 Å². The van der Waals surface area contributed by atoms with Crippen LogP contribution in [0.4, 0.5) is 5.69 Å². The summed E-state index contributed by atoms with van der Waals surface area (Å²) in [5.41, 5.74) is 0.807. The molecular weight excluding hydrogens is 228 g/mol. The van der Waals surface area contributed by atoms with Crippen LogP contribution in [0.2, 0.25) is 5.15 Å². The molecular formula is C11H15ClN2O2. The third-order valence-corrected chi connectivity index (χ3v) is 2.68. The van der Waals surface area contributed by atoms with Gasteiger partial charge in [0.1, 0.15) is 0 Å². The van der Waals surface area contributed by atoms with Crippen LogP contribution in [0.1, 0.15) is 13.8 Å². The quantitative estimate of drug-likeness (QED) is 0.809. The molecule has 1 aliphatic heterocycles. The van der Waals surface area contributed by atoms with Crippen molar-refractivity contribution in [1.29, 1.82) is 0 Å². The summed E-state index contributed by atoms with van der Waals surface area (Å²) in [6.07, 6.45) is 1.66. The Hall–Kier alpha value is -0.840. The summed E-state index contributed by atoms with van der Waals surface area (Å²) in [5.74, 6) is -0.489. The van der Waals surface area contributed by atoms with E-state index in [9.17, 15) is 0 Å². The summed E-state index contributed by atoms with van der Waals surface area (Å²) in [4.78, 5) is 3.99. The smallest absolute Gasteiger partial charge is 0.162 e. The van der Waals surface area contributed by atoms with Gasteiger partial charge in [0, 0.05) is 6.20 Å².